The Balaban J connectivity index is 1.46. The summed E-state index contributed by atoms with van der Waals surface area (Å²) < 4.78 is 42.8. The van der Waals surface area contributed by atoms with Crippen LogP contribution in [0.1, 0.15) is 29.5 Å². The highest BCUT2D eigenvalue weighted by Gasteiger charge is 2.31. The molecule has 1 aliphatic rings. The van der Waals surface area contributed by atoms with Crippen LogP contribution in [0.25, 0.3) is 10.8 Å². The zero-order valence-corrected chi connectivity index (χ0v) is 19.9. The highest BCUT2D eigenvalue weighted by atomic mass is 19.4. The molecule has 0 aliphatic carbocycles. The number of halogens is 3. The van der Waals surface area contributed by atoms with Gasteiger partial charge in [0.2, 0.25) is 0 Å². The molecule has 0 atom stereocenters. The summed E-state index contributed by atoms with van der Waals surface area (Å²) in [6.07, 6.45) is -0.343. The van der Waals surface area contributed by atoms with E-state index in [1.807, 2.05) is 13.1 Å². The van der Waals surface area contributed by atoms with E-state index in [4.69, 9.17) is 0 Å². The molecular formula is C26H32F3N3O2. The topological polar surface area (TPSA) is 40.9 Å². The summed E-state index contributed by atoms with van der Waals surface area (Å²) in [5.74, 6) is 0.626. The van der Waals surface area contributed by atoms with Crippen LogP contribution in [0, 0.1) is 12.8 Å². The number of benzene rings is 2. The number of nitrogens with zero attached hydrogens (tertiary/aromatic N) is 3. The van der Waals surface area contributed by atoms with Crippen molar-refractivity contribution in [3.8, 4) is 11.6 Å². The Labute approximate surface area is 198 Å². The van der Waals surface area contributed by atoms with Gasteiger partial charge in [-0.1, -0.05) is 18.2 Å². The van der Waals surface area contributed by atoms with Crippen molar-refractivity contribution >= 4 is 10.8 Å². The Hall–Kier alpha value is -2.71. The third kappa shape index (κ3) is 6.04. The Bertz CT molecular complexity index is 1120. The number of alkyl halides is 3. The van der Waals surface area contributed by atoms with Crippen LogP contribution >= 0.6 is 0 Å². The van der Waals surface area contributed by atoms with Crippen LogP contribution in [0.15, 0.2) is 42.6 Å². The van der Waals surface area contributed by atoms with E-state index in [1.54, 1.807) is 16.7 Å². The van der Waals surface area contributed by atoms with Crippen molar-refractivity contribution in [2.24, 2.45) is 5.92 Å². The molecular weight excluding hydrogens is 443 g/mol. The first-order valence-electron chi connectivity index (χ1n) is 11.6. The van der Waals surface area contributed by atoms with E-state index >= 15 is 0 Å². The van der Waals surface area contributed by atoms with E-state index in [0.29, 0.717) is 6.54 Å². The molecule has 1 aromatic heterocycles. The minimum absolute atomic E-state index is 0.161. The van der Waals surface area contributed by atoms with Gasteiger partial charge in [0.15, 0.2) is 5.88 Å². The van der Waals surface area contributed by atoms with Crippen LogP contribution < -0.4 is 4.74 Å². The molecule has 4 rings (SSSR count). The third-order valence-electron chi connectivity index (χ3n) is 6.59. The van der Waals surface area contributed by atoms with Gasteiger partial charge in [-0.2, -0.15) is 0 Å². The highest BCUT2D eigenvalue weighted by molar-refractivity contribution is 5.91. The molecule has 184 valence electrons. The molecule has 1 N–H and O–H groups in total. The van der Waals surface area contributed by atoms with Gasteiger partial charge in [0.1, 0.15) is 5.75 Å². The lowest BCUT2D eigenvalue weighted by Gasteiger charge is -2.31. The lowest BCUT2D eigenvalue weighted by molar-refractivity contribution is -0.274. The summed E-state index contributed by atoms with van der Waals surface area (Å²) in [5.41, 5.74) is 2.97. The van der Waals surface area contributed by atoms with Crippen molar-refractivity contribution < 1.29 is 23.0 Å². The Morgan fingerprint density at radius 3 is 2.41 bits per heavy atom. The van der Waals surface area contributed by atoms with Gasteiger partial charge >= 0.3 is 6.36 Å². The van der Waals surface area contributed by atoms with Crippen LogP contribution in [-0.4, -0.2) is 59.6 Å². The molecule has 2 heterocycles. The molecule has 3 aromatic rings. The molecule has 2 aromatic carbocycles. The summed E-state index contributed by atoms with van der Waals surface area (Å²) in [5, 5.41) is 12.6. The van der Waals surface area contributed by atoms with Crippen LogP contribution in [-0.2, 0) is 13.1 Å². The second-order valence-electron chi connectivity index (χ2n) is 9.59. The number of piperidine rings is 1. The molecule has 1 aliphatic heterocycles. The van der Waals surface area contributed by atoms with Crippen LogP contribution in [0.5, 0.6) is 11.6 Å². The first-order chi connectivity index (χ1) is 16.1. The summed E-state index contributed by atoms with van der Waals surface area (Å²) in [6, 6.07) is 9.95. The van der Waals surface area contributed by atoms with Crippen LogP contribution in [0.2, 0.25) is 0 Å². The number of aryl methyl sites for hydroxylation is 1. The van der Waals surface area contributed by atoms with Crippen LogP contribution in [0.3, 0.4) is 0 Å². The lowest BCUT2D eigenvalue weighted by Crippen LogP contribution is -2.35. The number of aromatic nitrogens is 1. The largest absolute Gasteiger partial charge is 0.573 e. The second-order valence-corrected chi connectivity index (χ2v) is 9.59. The van der Waals surface area contributed by atoms with Crippen molar-refractivity contribution in [1.29, 1.82) is 0 Å². The van der Waals surface area contributed by atoms with Crippen molar-refractivity contribution in [3.63, 3.8) is 0 Å². The number of aromatic hydroxyl groups is 1. The van der Waals surface area contributed by atoms with Crippen molar-refractivity contribution in [1.82, 2.24) is 14.4 Å². The lowest BCUT2D eigenvalue weighted by atomic mass is 9.96. The second kappa shape index (κ2) is 9.88. The van der Waals surface area contributed by atoms with Gasteiger partial charge in [0.05, 0.1) is 6.54 Å². The highest BCUT2D eigenvalue weighted by Crippen LogP contribution is 2.33. The zero-order chi connectivity index (χ0) is 24.5. The van der Waals surface area contributed by atoms with E-state index in [2.05, 4.69) is 40.8 Å². The normalized spacial score (nSPS) is 16.0. The molecule has 8 heteroatoms. The summed E-state index contributed by atoms with van der Waals surface area (Å²) in [6.45, 7) is 6.58. The molecule has 1 fully saturated rings. The average Bonchev–Trinajstić information content (AvgIpc) is 3.05. The van der Waals surface area contributed by atoms with E-state index in [1.165, 1.54) is 30.5 Å². The predicted molar refractivity (Wildman–Crippen MR) is 127 cm³/mol. The molecule has 0 unspecified atom stereocenters. The molecule has 0 amide bonds. The van der Waals surface area contributed by atoms with Gasteiger partial charge in [0, 0.05) is 30.1 Å². The van der Waals surface area contributed by atoms with Gasteiger partial charge in [0.25, 0.3) is 0 Å². The summed E-state index contributed by atoms with van der Waals surface area (Å²) >= 11 is 0. The number of fused-ring (bicyclic) bond motifs is 1. The monoisotopic (exact) mass is 475 g/mol. The fourth-order valence-electron chi connectivity index (χ4n) is 4.94. The predicted octanol–water partition coefficient (Wildman–Crippen LogP) is 5.38. The smallest absolute Gasteiger partial charge is 0.494 e. The zero-order valence-electron chi connectivity index (χ0n) is 19.9. The molecule has 0 saturated carbocycles. The minimum Gasteiger partial charge on any atom is -0.494 e. The van der Waals surface area contributed by atoms with E-state index < -0.39 is 6.36 Å². The van der Waals surface area contributed by atoms with E-state index in [0.717, 1.165) is 54.0 Å². The van der Waals surface area contributed by atoms with Gasteiger partial charge in [-0.25, -0.2) is 0 Å². The van der Waals surface area contributed by atoms with Gasteiger partial charge < -0.3 is 24.2 Å². The first-order valence-corrected chi connectivity index (χ1v) is 11.6. The van der Waals surface area contributed by atoms with Gasteiger partial charge in [-0.3, -0.25) is 0 Å². The van der Waals surface area contributed by atoms with Crippen molar-refractivity contribution in [3.05, 3.63) is 59.3 Å². The number of likely N-dealkylation sites (tertiary alicyclic amines) is 1. The number of hydrogen-bond acceptors (Lipinski definition) is 4. The maximum atomic E-state index is 12.4. The Kier molecular flexibility index (Phi) is 7.09. The number of ether oxygens (including phenoxy) is 1. The summed E-state index contributed by atoms with van der Waals surface area (Å²) in [7, 11) is 4.34. The van der Waals surface area contributed by atoms with E-state index in [9.17, 15) is 18.3 Å². The molecule has 5 nitrogen and oxygen atoms in total. The number of rotatable bonds is 7. The molecule has 0 radical (unpaired) electrons. The molecule has 34 heavy (non-hydrogen) atoms. The molecule has 0 bridgehead atoms. The van der Waals surface area contributed by atoms with Gasteiger partial charge in [-0.05, 0) is 87.8 Å². The Morgan fingerprint density at radius 1 is 1.09 bits per heavy atom. The Morgan fingerprint density at radius 2 is 1.76 bits per heavy atom. The fourth-order valence-corrected chi connectivity index (χ4v) is 4.94. The maximum absolute atomic E-state index is 12.4. The van der Waals surface area contributed by atoms with E-state index in [-0.39, 0.29) is 11.6 Å². The SMILES string of the molecule is Cc1cc(CN(C)CC2CCN(C)CC2)cc2cn(Cc3ccc(OC(F)(F)F)cc3)c(O)c12. The first kappa shape index (κ1) is 24.4. The standard InChI is InChI=1S/C26H32F3N3O2/c1-18-12-21(15-31(3)14-20-8-10-30(2)11-9-20)13-22-17-32(25(33)24(18)22)16-19-4-6-23(7-5-19)34-26(27,28)29/h4-7,12-13,17,20,33H,8-11,14-16H2,1-3H3. The number of hydrogen-bond donors (Lipinski definition) is 1. The van der Waals surface area contributed by atoms with Crippen LogP contribution in [0.4, 0.5) is 13.2 Å². The third-order valence-corrected chi connectivity index (χ3v) is 6.59. The van der Waals surface area contributed by atoms with Gasteiger partial charge in [-0.15, -0.1) is 13.2 Å². The fraction of sp³-hybridized carbons (Fsp3) is 0.462. The maximum Gasteiger partial charge on any atom is 0.573 e. The van der Waals surface area contributed by atoms with Crippen molar-refractivity contribution in [2.75, 3.05) is 33.7 Å². The average molecular weight is 476 g/mol. The summed E-state index contributed by atoms with van der Waals surface area (Å²) in [4.78, 5) is 4.76. The minimum atomic E-state index is -4.71. The molecule has 1 saturated heterocycles. The van der Waals surface area contributed by atoms with Crippen molar-refractivity contribution in [2.45, 2.75) is 39.2 Å². The molecule has 0 spiro atoms. The quantitative estimate of drug-likeness (QED) is 0.499.